The molecule has 0 aromatic heterocycles. The van der Waals surface area contributed by atoms with Gasteiger partial charge in [0.1, 0.15) is 0 Å². The van der Waals surface area contributed by atoms with Gasteiger partial charge in [-0.15, -0.1) is 0 Å². The number of nitrogens with one attached hydrogen (secondary N) is 2. The Bertz CT molecular complexity index is 951. The summed E-state index contributed by atoms with van der Waals surface area (Å²) in [6, 6.07) is 14.7. The van der Waals surface area contributed by atoms with Crippen LogP contribution < -0.4 is 10.0 Å². The van der Waals surface area contributed by atoms with E-state index in [9.17, 15) is 13.2 Å². The number of benzene rings is 2. The molecule has 27 heavy (non-hydrogen) atoms. The SMILES string of the molecule is O=C(NCC1CCCc2ccccc21)c1cccc(S(=O)(=O)NC2CC2)c1. The number of sulfonamides is 1. The molecular formula is C21H24N2O3S. The maximum atomic E-state index is 12.6. The zero-order valence-corrected chi connectivity index (χ0v) is 16.0. The summed E-state index contributed by atoms with van der Waals surface area (Å²) in [4.78, 5) is 12.7. The van der Waals surface area contributed by atoms with Crippen molar-refractivity contribution in [2.75, 3.05) is 6.54 Å². The molecule has 2 N–H and O–H groups in total. The van der Waals surface area contributed by atoms with Crippen LogP contribution in [0.5, 0.6) is 0 Å². The van der Waals surface area contributed by atoms with Crippen LogP contribution in [-0.2, 0) is 16.4 Å². The Labute approximate surface area is 160 Å². The summed E-state index contributed by atoms with van der Waals surface area (Å²) in [5.74, 6) is 0.0730. The predicted molar refractivity (Wildman–Crippen MR) is 104 cm³/mol. The number of amides is 1. The summed E-state index contributed by atoms with van der Waals surface area (Å²) in [5, 5.41) is 2.99. The van der Waals surface area contributed by atoms with Crippen LogP contribution in [0, 0.1) is 0 Å². The van der Waals surface area contributed by atoms with Gasteiger partial charge < -0.3 is 5.32 Å². The van der Waals surface area contributed by atoms with Gasteiger partial charge in [-0.25, -0.2) is 13.1 Å². The molecule has 0 heterocycles. The van der Waals surface area contributed by atoms with Crippen molar-refractivity contribution in [1.29, 1.82) is 0 Å². The van der Waals surface area contributed by atoms with E-state index in [1.54, 1.807) is 12.1 Å². The van der Waals surface area contributed by atoms with E-state index in [1.807, 2.05) is 6.07 Å². The summed E-state index contributed by atoms with van der Waals surface area (Å²) in [5.41, 5.74) is 3.05. The highest BCUT2D eigenvalue weighted by Crippen LogP contribution is 2.31. The highest BCUT2D eigenvalue weighted by Gasteiger charge is 2.28. The summed E-state index contributed by atoms with van der Waals surface area (Å²) in [7, 11) is -3.56. The molecule has 2 aliphatic carbocycles. The number of hydrogen-bond donors (Lipinski definition) is 2. The van der Waals surface area contributed by atoms with Gasteiger partial charge in [-0.2, -0.15) is 0 Å². The molecule has 0 spiro atoms. The summed E-state index contributed by atoms with van der Waals surface area (Å²) in [6.07, 6.45) is 5.02. The van der Waals surface area contributed by atoms with Crippen LogP contribution in [0.3, 0.4) is 0 Å². The number of aryl methyl sites for hydroxylation is 1. The van der Waals surface area contributed by atoms with E-state index in [0.717, 1.165) is 32.1 Å². The molecule has 6 heteroatoms. The van der Waals surface area contributed by atoms with Crippen LogP contribution >= 0.6 is 0 Å². The number of carbonyl (C=O) groups is 1. The zero-order chi connectivity index (χ0) is 18.9. The van der Waals surface area contributed by atoms with Crippen molar-refractivity contribution in [3.63, 3.8) is 0 Å². The minimum Gasteiger partial charge on any atom is -0.351 e. The first-order chi connectivity index (χ1) is 13.0. The van der Waals surface area contributed by atoms with Crippen molar-refractivity contribution in [3.8, 4) is 0 Å². The molecular weight excluding hydrogens is 360 g/mol. The fourth-order valence-corrected chi connectivity index (χ4v) is 5.03. The second kappa shape index (κ2) is 7.44. The molecule has 1 amide bonds. The Kier molecular flexibility index (Phi) is 5.02. The van der Waals surface area contributed by atoms with E-state index in [2.05, 4.69) is 28.2 Å². The Morgan fingerprint density at radius 1 is 1.04 bits per heavy atom. The van der Waals surface area contributed by atoms with E-state index in [1.165, 1.54) is 23.3 Å². The monoisotopic (exact) mass is 384 g/mol. The average Bonchev–Trinajstić information content (AvgIpc) is 3.49. The van der Waals surface area contributed by atoms with Crippen molar-refractivity contribution >= 4 is 15.9 Å². The topological polar surface area (TPSA) is 75.3 Å². The standard InChI is InChI=1S/C21H24N2O3S/c24-21(22-14-17-8-3-6-15-5-1-2-10-20(15)17)16-7-4-9-19(13-16)27(25,26)23-18-11-12-18/h1-2,4-5,7,9-10,13,17-18,23H,3,6,8,11-12,14H2,(H,22,24). The highest BCUT2D eigenvalue weighted by molar-refractivity contribution is 7.89. The minimum absolute atomic E-state index is 0.0406. The Morgan fingerprint density at radius 2 is 1.85 bits per heavy atom. The van der Waals surface area contributed by atoms with Crippen LogP contribution in [0.1, 0.15) is 53.1 Å². The van der Waals surface area contributed by atoms with Gasteiger partial charge in [-0.1, -0.05) is 30.3 Å². The molecule has 1 atom stereocenters. The van der Waals surface area contributed by atoms with Crippen LogP contribution in [0.25, 0.3) is 0 Å². The molecule has 0 saturated heterocycles. The fourth-order valence-electron chi connectivity index (χ4n) is 3.68. The first-order valence-electron chi connectivity index (χ1n) is 9.51. The van der Waals surface area contributed by atoms with Gasteiger partial charge in [0, 0.05) is 24.1 Å². The lowest BCUT2D eigenvalue weighted by Crippen LogP contribution is -2.30. The molecule has 0 bridgehead atoms. The molecule has 5 nitrogen and oxygen atoms in total. The molecule has 1 saturated carbocycles. The Morgan fingerprint density at radius 3 is 2.67 bits per heavy atom. The lowest BCUT2D eigenvalue weighted by molar-refractivity contribution is 0.0950. The van der Waals surface area contributed by atoms with Gasteiger partial charge in [0.15, 0.2) is 0 Å². The largest absolute Gasteiger partial charge is 0.351 e. The van der Waals surface area contributed by atoms with Crippen molar-refractivity contribution < 1.29 is 13.2 Å². The summed E-state index contributed by atoms with van der Waals surface area (Å²) >= 11 is 0. The number of hydrogen-bond acceptors (Lipinski definition) is 3. The van der Waals surface area contributed by atoms with Crippen molar-refractivity contribution in [1.82, 2.24) is 10.0 Å². The molecule has 2 aromatic rings. The zero-order valence-electron chi connectivity index (χ0n) is 15.1. The molecule has 1 unspecified atom stereocenters. The smallest absolute Gasteiger partial charge is 0.251 e. The maximum absolute atomic E-state index is 12.6. The molecule has 0 radical (unpaired) electrons. The molecule has 2 aromatic carbocycles. The number of rotatable bonds is 6. The van der Waals surface area contributed by atoms with Crippen LogP contribution in [0.15, 0.2) is 53.4 Å². The summed E-state index contributed by atoms with van der Waals surface area (Å²) in [6.45, 7) is 0.563. The van der Waals surface area contributed by atoms with Gasteiger partial charge in [-0.3, -0.25) is 4.79 Å². The Hall–Kier alpha value is -2.18. The van der Waals surface area contributed by atoms with Crippen LogP contribution in [0.4, 0.5) is 0 Å². The van der Waals surface area contributed by atoms with E-state index in [4.69, 9.17) is 0 Å². The Balaban J connectivity index is 1.44. The summed E-state index contributed by atoms with van der Waals surface area (Å²) < 4.78 is 27.4. The fraction of sp³-hybridized carbons (Fsp3) is 0.381. The van der Waals surface area contributed by atoms with Crippen molar-refractivity contribution in [2.24, 2.45) is 0 Å². The first-order valence-corrected chi connectivity index (χ1v) is 11.0. The molecule has 142 valence electrons. The van der Waals surface area contributed by atoms with E-state index >= 15 is 0 Å². The molecule has 0 aliphatic heterocycles. The molecule has 1 fully saturated rings. The van der Waals surface area contributed by atoms with Gasteiger partial charge in [0.2, 0.25) is 10.0 Å². The normalized spacial score (nSPS) is 19.3. The second-order valence-electron chi connectivity index (χ2n) is 7.42. The van der Waals surface area contributed by atoms with Gasteiger partial charge in [0.05, 0.1) is 4.90 Å². The number of carbonyl (C=O) groups excluding carboxylic acids is 1. The lowest BCUT2D eigenvalue weighted by atomic mass is 9.83. The third-order valence-corrected chi connectivity index (χ3v) is 6.83. The van der Waals surface area contributed by atoms with Gasteiger partial charge in [-0.05, 0) is 61.4 Å². The van der Waals surface area contributed by atoms with Gasteiger partial charge >= 0.3 is 0 Å². The third kappa shape index (κ3) is 4.22. The average molecular weight is 385 g/mol. The second-order valence-corrected chi connectivity index (χ2v) is 9.14. The van der Waals surface area contributed by atoms with Crippen molar-refractivity contribution in [2.45, 2.75) is 49.0 Å². The highest BCUT2D eigenvalue weighted by atomic mass is 32.2. The predicted octanol–water partition coefficient (Wildman–Crippen LogP) is 2.98. The van der Waals surface area contributed by atoms with E-state index in [-0.39, 0.29) is 16.8 Å². The van der Waals surface area contributed by atoms with Crippen molar-refractivity contribution in [3.05, 3.63) is 65.2 Å². The molecule has 2 aliphatic rings. The van der Waals surface area contributed by atoms with Gasteiger partial charge in [0.25, 0.3) is 5.91 Å². The number of fused-ring (bicyclic) bond motifs is 1. The quantitative estimate of drug-likeness (QED) is 0.804. The third-order valence-electron chi connectivity index (χ3n) is 5.31. The molecule has 4 rings (SSSR count). The van der Waals surface area contributed by atoms with E-state index < -0.39 is 10.0 Å². The van der Waals surface area contributed by atoms with Crippen LogP contribution in [-0.4, -0.2) is 26.9 Å². The maximum Gasteiger partial charge on any atom is 0.251 e. The van der Waals surface area contributed by atoms with E-state index in [0.29, 0.717) is 18.0 Å². The lowest BCUT2D eigenvalue weighted by Gasteiger charge is -2.25. The first kappa shape index (κ1) is 18.2. The minimum atomic E-state index is -3.56. The van der Waals surface area contributed by atoms with Crippen LogP contribution in [0.2, 0.25) is 0 Å².